The Kier molecular flexibility index (Phi) is 10.6. The molecule has 1 rings (SSSR count). The third-order valence-electron chi connectivity index (χ3n) is 3.34. The van der Waals surface area contributed by atoms with Gasteiger partial charge in [0.1, 0.15) is 8.64 Å². The van der Waals surface area contributed by atoms with Crippen molar-refractivity contribution in [3.8, 4) is 0 Å². The van der Waals surface area contributed by atoms with Gasteiger partial charge in [0.25, 0.3) is 20.2 Å². The summed E-state index contributed by atoms with van der Waals surface area (Å²) in [7, 11) is -7.85. The van der Waals surface area contributed by atoms with E-state index in [-0.39, 0.29) is 11.5 Å². The van der Waals surface area contributed by atoms with E-state index < -0.39 is 20.2 Å². The molecule has 0 unspecified atom stereocenters. The maximum Gasteiger partial charge on any atom is 0.264 e. The molecule has 0 aromatic rings. The van der Waals surface area contributed by atoms with Crippen molar-refractivity contribution in [2.24, 2.45) is 0 Å². The highest BCUT2D eigenvalue weighted by Crippen LogP contribution is 2.17. The molecule has 0 saturated carbocycles. The van der Waals surface area contributed by atoms with E-state index in [2.05, 4.69) is 0 Å². The smallest absolute Gasteiger partial charge is 0.264 e. The van der Waals surface area contributed by atoms with Gasteiger partial charge < -0.3 is 9.80 Å². The standard InChI is InChI=1S/C12H22N2O6S6/c15-25(16,17)9-1-7-23-11(21)13-3-5-14(6-4-13)12(22)24-8-2-10-26(18,19)20/h1-10H2,(H,15,16,17)(H,18,19,20). The van der Waals surface area contributed by atoms with Crippen LogP contribution < -0.4 is 0 Å². The summed E-state index contributed by atoms with van der Waals surface area (Å²) in [5.74, 6) is 0.528. The summed E-state index contributed by atoms with van der Waals surface area (Å²) in [4.78, 5) is 4.07. The van der Waals surface area contributed by atoms with Crippen LogP contribution in [-0.4, -0.2) is 93.6 Å². The van der Waals surface area contributed by atoms with Gasteiger partial charge in [0.2, 0.25) is 0 Å². The van der Waals surface area contributed by atoms with Gasteiger partial charge in [-0.05, 0) is 12.8 Å². The van der Waals surface area contributed by atoms with E-state index in [1.54, 1.807) is 0 Å². The normalized spacial score (nSPS) is 15.9. The van der Waals surface area contributed by atoms with Crippen molar-refractivity contribution >= 4 is 76.8 Å². The first-order valence-electron chi connectivity index (χ1n) is 7.72. The third kappa shape index (κ3) is 11.2. The average molecular weight is 483 g/mol. The monoisotopic (exact) mass is 482 g/mol. The topological polar surface area (TPSA) is 115 Å². The van der Waals surface area contributed by atoms with E-state index in [4.69, 9.17) is 33.5 Å². The fraction of sp³-hybridized carbons (Fsp3) is 0.833. The molecule has 8 nitrogen and oxygen atoms in total. The van der Waals surface area contributed by atoms with Crippen molar-refractivity contribution in [2.75, 3.05) is 49.2 Å². The summed E-state index contributed by atoms with van der Waals surface area (Å²) < 4.78 is 61.4. The zero-order valence-electron chi connectivity index (χ0n) is 13.9. The van der Waals surface area contributed by atoms with Crippen LogP contribution in [-0.2, 0) is 20.2 Å². The van der Waals surface area contributed by atoms with E-state index >= 15 is 0 Å². The summed E-state index contributed by atoms with van der Waals surface area (Å²) in [6.45, 7) is 2.82. The molecule has 26 heavy (non-hydrogen) atoms. The van der Waals surface area contributed by atoms with E-state index in [1.165, 1.54) is 23.5 Å². The van der Waals surface area contributed by atoms with E-state index in [1.807, 2.05) is 9.80 Å². The van der Waals surface area contributed by atoms with Crippen LogP contribution in [0.4, 0.5) is 0 Å². The zero-order valence-corrected chi connectivity index (χ0v) is 18.8. The Morgan fingerprint density at radius 3 is 1.35 bits per heavy atom. The first-order valence-corrected chi connectivity index (χ1v) is 13.7. The second-order valence-electron chi connectivity index (χ2n) is 5.48. The fourth-order valence-electron chi connectivity index (χ4n) is 2.06. The Labute approximate surface area is 173 Å². The molecule has 0 aromatic heterocycles. The number of thiocarbonyl (C=S) groups is 2. The highest BCUT2D eigenvalue weighted by atomic mass is 32.2. The zero-order chi connectivity index (χ0) is 19.8. The summed E-state index contributed by atoms with van der Waals surface area (Å²) in [6, 6.07) is 0. The van der Waals surface area contributed by atoms with Gasteiger partial charge in [0.05, 0.1) is 11.5 Å². The van der Waals surface area contributed by atoms with Crippen LogP contribution in [0.3, 0.4) is 0 Å². The average Bonchev–Trinajstić information content (AvgIpc) is 2.53. The van der Waals surface area contributed by atoms with Crippen molar-refractivity contribution in [2.45, 2.75) is 12.8 Å². The number of nitrogens with zero attached hydrogens (tertiary/aromatic N) is 2. The highest BCUT2D eigenvalue weighted by molar-refractivity contribution is 8.23. The minimum absolute atomic E-state index is 0.264. The number of thioether (sulfide) groups is 2. The molecular weight excluding hydrogens is 461 g/mol. The molecular formula is C12H22N2O6S6. The Hall–Kier alpha value is 0.300. The van der Waals surface area contributed by atoms with Crippen molar-refractivity contribution in [1.82, 2.24) is 9.80 Å². The maximum absolute atomic E-state index is 10.7. The predicted octanol–water partition coefficient (Wildman–Crippen LogP) is 1.20. The molecule has 1 aliphatic rings. The molecule has 1 aliphatic heterocycles. The Balaban J connectivity index is 2.22. The van der Waals surface area contributed by atoms with E-state index in [0.717, 1.165) is 0 Å². The van der Waals surface area contributed by atoms with Crippen molar-refractivity contribution < 1.29 is 25.9 Å². The Morgan fingerprint density at radius 1 is 0.769 bits per heavy atom. The lowest BCUT2D eigenvalue weighted by atomic mass is 10.4. The Bertz CT molecular complexity index is 627. The molecule has 2 N–H and O–H groups in total. The van der Waals surface area contributed by atoms with Gasteiger partial charge in [-0.25, -0.2) is 0 Å². The molecule has 0 spiro atoms. The fourth-order valence-corrected chi connectivity index (χ4v) is 5.96. The van der Waals surface area contributed by atoms with Crippen LogP contribution >= 0.6 is 48.0 Å². The lowest BCUT2D eigenvalue weighted by molar-refractivity contribution is 0.271. The van der Waals surface area contributed by atoms with Gasteiger partial charge >= 0.3 is 0 Å². The van der Waals surface area contributed by atoms with Crippen LogP contribution in [0.5, 0.6) is 0 Å². The van der Waals surface area contributed by atoms with Crippen LogP contribution in [0.1, 0.15) is 12.8 Å². The largest absolute Gasteiger partial charge is 0.354 e. The van der Waals surface area contributed by atoms with Gasteiger partial charge in [-0.1, -0.05) is 48.0 Å². The second-order valence-corrected chi connectivity index (χ2v) is 12.1. The molecule has 14 heteroatoms. The van der Waals surface area contributed by atoms with Gasteiger partial charge in [0.15, 0.2) is 0 Å². The minimum atomic E-state index is -3.92. The van der Waals surface area contributed by atoms with Gasteiger partial charge in [-0.15, -0.1) is 0 Å². The summed E-state index contributed by atoms with van der Waals surface area (Å²) in [5, 5.41) is 0. The first kappa shape index (κ1) is 24.3. The molecule has 1 saturated heterocycles. The molecule has 0 aromatic carbocycles. The predicted molar refractivity (Wildman–Crippen MR) is 115 cm³/mol. The number of hydrogen-bond donors (Lipinski definition) is 2. The molecule has 0 radical (unpaired) electrons. The van der Waals surface area contributed by atoms with Crippen molar-refractivity contribution in [1.29, 1.82) is 0 Å². The summed E-state index contributed by atoms with van der Waals surface area (Å²) in [5.41, 5.74) is 0. The molecule has 1 heterocycles. The molecule has 0 aliphatic carbocycles. The lowest BCUT2D eigenvalue weighted by Gasteiger charge is -2.37. The SMILES string of the molecule is O=S(=O)(O)CCCSC(=S)N1CCN(C(=S)SCCCS(=O)(=O)O)CC1. The molecule has 152 valence electrons. The second kappa shape index (κ2) is 11.3. The molecule has 1 fully saturated rings. The van der Waals surface area contributed by atoms with Gasteiger partial charge in [0, 0.05) is 37.7 Å². The van der Waals surface area contributed by atoms with E-state index in [9.17, 15) is 16.8 Å². The Morgan fingerprint density at radius 2 is 1.08 bits per heavy atom. The minimum Gasteiger partial charge on any atom is -0.354 e. The number of hydrogen-bond acceptors (Lipinski definition) is 8. The first-order chi connectivity index (χ1) is 12.0. The van der Waals surface area contributed by atoms with Crippen LogP contribution in [0.2, 0.25) is 0 Å². The molecule has 0 amide bonds. The molecule has 0 atom stereocenters. The van der Waals surface area contributed by atoms with Crippen LogP contribution in [0.15, 0.2) is 0 Å². The summed E-state index contributed by atoms with van der Waals surface area (Å²) >= 11 is 13.5. The highest BCUT2D eigenvalue weighted by Gasteiger charge is 2.21. The van der Waals surface area contributed by atoms with Crippen molar-refractivity contribution in [3.05, 3.63) is 0 Å². The molecule has 0 bridgehead atoms. The maximum atomic E-state index is 10.7. The third-order valence-corrected chi connectivity index (χ3v) is 8.17. The number of rotatable bonds is 8. The number of piperazine rings is 1. The summed E-state index contributed by atoms with van der Waals surface area (Å²) in [6.07, 6.45) is 0.682. The van der Waals surface area contributed by atoms with Gasteiger partial charge in [-0.3, -0.25) is 9.11 Å². The van der Waals surface area contributed by atoms with Crippen LogP contribution in [0.25, 0.3) is 0 Å². The van der Waals surface area contributed by atoms with Crippen molar-refractivity contribution in [3.63, 3.8) is 0 Å². The quantitative estimate of drug-likeness (QED) is 0.294. The van der Waals surface area contributed by atoms with E-state index in [0.29, 0.717) is 59.2 Å². The van der Waals surface area contributed by atoms with Gasteiger partial charge in [-0.2, -0.15) is 16.8 Å². The lowest BCUT2D eigenvalue weighted by Crippen LogP contribution is -2.48. The van der Waals surface area contributed by atoms with Crippen LogP contribution in [0, 0.1) is 0 Å².